The van der Waals surface area contributed by atoms with Crippen molar-refractivity contribution in [2.24, 2.45) is 0 Å². The van der Waals surface area contributed by atoms with Crippen molar-refractivity contribution in [3.63, 3.8) is 0 Å². The SMILES string of the molecule is CN(C)c1cccc(C(=O)Cc2nc(C(C)(C)C)cs2)c1. The molecule has 4 heteroatoms. The fourth-order valence-corrected chi connectivity index (χ4v) is 2.95. The molecule has 0 bridgehead atoms. The number of aromatic nitrogens is 1. The van der Waals surface area contributed by atoms with Crippen LogP contribution in [0.2, 0.25) is 0 Å². The Balaban J connectivity index is 2.15. The van der Waals surface area contributed by atoms with E-state index in [1.807, 2.05) is 43.3 Å². The van der Waals surface area contributed by atoms with Crippen molar-refractivity contribution >= 4 is 22.8 Å². The van der Waals surface area contributed by atoms with Gasteiger partial charge in [0.05, 0.1) is 12.1 Å². The van der Waals surface area contributed by atoms with E-state index >= 15 is 0 Å². The molecule has 0 N–H and O–H groups in total. The number of rotatable bonds is 4. The summed E-state index contributed by atoms with van der Waals surface area (Å²) in [5.41, 5.74) is 2.87. The lowest BCUT2D eigenvalue weighted by Gasteiger charge is -2.14. The number of ketones is 1. The quantitative estimate of drug-likeness (QED) is 0.802. The van der Waals surface area contributed by atoms with Crippen molar-refractivity contribution in [1.82, 2.24) is 4.98 Å². The number of hydrogen-bond acceptors (Lipinski definition) is 4. The van der Waals surface area contributed by atoms with Gasteiger partial charge in [0.1, 0.15) is 5.01 Å². The summed E-state index contributed by atoms with van der Waals surface area (Å²) in [4.78, 5) is 19.0. The van der Waals surface area contributed by atoms with Gasteiger partial charge in [-0.1, -0.05) is 32.9 Å². The number of thiazole rings is 1. The second-order valence-electron chi connectivity index (χ2n) is 6.42. The lowest BCUT2D eigenvalue weighted by molar-refractivity contribution is 0.0993. The van der Waals surface area contributed by atoms with Gasteiger partial charge < -0.3 is 4.90 Å². The second-order valence-corrected chi connectivity index (χ2v) is 7.36. The molecule has 1 heterocycles. The fourth-order valence-electron chi connectivity index (χ4n) is 1.93. The summed E-state index contributed by atoms with van der Waals surface area (Å²) < 4.78 is 0. The smallest absolute Gasteiger partial charge is 0.169 e. The van der Waals surface area contributed by atoms with Crippen LogP contribution in [0.4, 0.5) is 5.69 Å². The molecule has 0 saturated carbocycles. The highest BCUT2D eigenvalue weighted by Gasteiger charge is 2.18. The molecule has 1 aromatic heterocycles. The van der Waals surface area contributed by atoms with Crippen molar-refractivity contribution < 1.29 is 4.79 Å². The normalized spacial score (nSPS) is 11.5. The van der Waals surface area contributed by atoms with E-state index in [4.69, 9.17) is 0 Å². The maximum absolute atomic E-state index is 12.4. The molecule has 3 nitrogen and oxygen atoms in total. The highest BCUT2D eigenvalue weighted by Crippen LogP contribution is 2.24. The van der Waals surface area contributed by atoms with E-state index in [0.717, 1.165) is 22.0 Å². The van der Waals surface area contributed by atoms with E-state index in [2.05, 4.69) is 31.1 Å². The maximum Gasteiger partial charge on any atom is 0.169 e. The van der Waals surface area contributed by atoms with Gasteiger partial charge in [0.15, 0.2) is 5.78 Å². The molecule has 0 saturated heterocycles. The van der Waals surface area contributed by atoms with Gasteiger partial charge >= 0.3 is 0 Å². The van der Waals surface area contributed by atoms with Crippen LogP contribution < -0.4 is 4.90 Å². The molecule has 112 valence electrons. The highest BCUT2D eigenvalue weighted by atomic mass is 32.1. The first-order valence-electron chi connectivity index (χ1n) is 7.03. The van der Waals surface area contributed by atoms with E-state index in [1.54, 1.807) is 11.3 Å². The minimum atomic E-state index is 0.0304. The number of carbonyl (C=O) groups excluding carboxylic acids is 1. The molecular formula is C17H22N2OS. The van der Waals surface area contributed by atoms with E-state index in [0.29, 0.717) is 6.42 Å². The first kappa shape index (κ1) is 15.7. The van der Waals surface area contributed by atoms with E-state index in [1.165, 1.54) is 0 Å². The standard InChI is InChI=1S/C17H22N2OS/c1-17(2,3)15-11-21-16(18-15)10-14(20)12-7-6-8-13(9-12)19(4)5/h6-9,11H,10H2,1-5H3. The molecule has 21 heavy (non-hydrogen) atoms. The summed E-state index contributed by atoms with van der Waals surface area (Å²) in [5.74, 6) is 0.119. The van der Waals surface area contributed by atoms with Crippen LogP contribution in [0.5, 0.6) is 0 Å². The summed E-state index contributed by atoms with van der Waals surface area (Å²) >= 11 is 1.57. The van der Waals surface area contributed by atoms with Crippen LogP contribution in [-0.2, 0) is 11.8 Å². The highest BCUT2D eigenvalue weighted by molar-refractivity contribution is 7.09. The van der Waals surface area contributed by atoms with Gasteiger partial charge in [-0.2, -0.15) is 0 Å². The number of anilines is 1. The van der Waals surface area contributed by atoms with E-state index < -0.39 is 0 Å². The van der Waals surface area contributed by atoms with E-state index in [9.17, 15) is 4.79 Å². The molecule has 0 spiro atoms. The first-order valence-corrected chi connectivity index (χ1v) is 7.91. The molecular weight excluding hydrogens is 280 g/mol. The molecule has 0 aliphatic heterocycles. The predicted molar refractivity (Wildman–Crippen MR) is 89.6 cm³/mol. The fraction of sp³-hybridized carbons (Fsp3) is 0.412. The van der Waals surface area contributed by atoms with Crippen LogP contribution in [0.25, 0.3) is 0 Å². The zero-order valence-electron chi connectivity index (χ0n) is 13.3. The lowest BCUT2D eigenvalue weighted by atomic mass is 9.93. The van der Waals surface area contributed by atoms with Crippen molar-refractivity contribution in [3.8, 4) is 0 Å². The predicted octanol–water partition coefficient (Wildman–Crippen LogP) is 3.93. The molecule has 0 aliphatic rings. The van der Waals surface area contributed by atoms with Gasteiger partial charge in [-0.3, -0.25) is 4.79 Å². The Labute approximate surface area is 130 Å². The molecule has 0 fully saturated rings. The third-order valence-electron chi connectivity index (χ3n) is 3.32. The van der Waals surface area contributed by atoms with E-state index in [-0.39, 0.29) is 11.2 Å². The minimum Gasteiger partial charge on any atom is -0.378 e. The van der Waals surface area contributed by atoms with Crippen molar-refractivity contribution in [2.75, 3.05) is 19.0 Å². The zero-order valence-corrected chi connectivity index (χ0v) is 14.1. The molecule has 0 unspecified atom stereocenters. The van der Waals surface area contributed by atoms with Crippen molar-refractivity contribution in [2.45, 2.75) is 32.6 Å². The minimum absolute atomic E-state index is 0.0304. The van der Waals surface area contributed by atoms with Gasteiger partial charge in [-0.15, -0.1) is 11.3 Å². The Kier molecular flexibility index (Phi) is 4.47. The molecule has 1 aromatic carbocycles. The largest absolute Gasteiger partial charge is 0.378 e. The van der Waals surface area contributed by atoms with Crippen LogP contribution in [-0.4, -0.2) is 24.9 Å². The number of carbonyl (C=O) groups is 1. The first-order chi connectivity index (χ1) is 9.77. The molecule has 2 rings (SSSR count). The Morgan fingerprint density at radius 3 is 2.57 bits per heavy atom. The monoisotopic (exact) mass is 302 g/mol. The third kappa shape index (κ3) is 3.91. The topological polar surface area (TPSA) is 33.2 Å². The lowest BCUT2D eigenvalue weighted by Crippen LogP contribution is -2.12. The second kappa shape index (κ2) is 5.98. The summed E-state index contributed by atoms with van der Waals surface area (Å²) in [6.45, 7) is 6.40. The van der Waals surface area contributed by atoms with Gasteiger partial charge in [-0.25, -0.2) is 4.98 Å². The van der Waals surface area contributed by atoms with Crippen LogP contribution in [0.3, 0.4) is 0 Å². The number of hydrogen-bond donors (Lipinski definition) is 0. The average Bonchev–Trinajstić information content (AvgIpc) is 2.87. The number of Topliss-reactive ketones (excluding diaryl/α,β-unsaturated/α-hetero) is 1. The van der Waals surface area contributed by atoms with Gasteiger partial charge in [0.2, 0.25) is 0 Å². The maximum atomic E-state index is 12.4. The van der Waals surface area contributed by atoms with Crippen LogP contribution >= 0.6 is 11.3 Å². The summed E-state index contributed by atoms with van der Waals surface area (Å²) in [6, 6.07) is 7.72. The van der Waals surface area contributed by atoms with Crippen LogP contribution in [0.1, 0.15) is 41.8 Å². The van der Waals surface area contributed by atoms with Crippen LogP contribution in [0, 0.1) is 0 Å². The molecule has 2 aromatic rings. The Bertz CT molecular complexity index is 638. The summed E-state index contributed by atoms with van der Waals surface area (Å²) in [7, 11) is 3.94. The molecule has 0 atom stereocenters. The summed E-state index contributed by atoms with van der Waals surface area (Å²) in [6.07, 6.45) is 0.373. The Hall–Kier alpha value is -1.68. The van der Waals surface area contributed by atoms with Crippen molar-refractivity contribution in [1.29, 1.82) is 0 Å². The summed E-state index contributed by atoms with van der Waals surface area (Å²) in [5, 5.41) is 2.94. The number of benzene rings is 1. The zero-order chi connectivity index (χ0) is 15.6. The van der Waals surface area contributed by atoms with Gasteiger partial charge in [0.25, 0.3) is 0 Å². The number of nitrogens with zero attached hydrogens (tertiary/aromatic N) is 2. The average molecular weight is 302 g/mol. The Morgan fingerprint density at radius 1 is 1.29 bits per heavy atom. The van der Waals surface area contributed by atoms with Crippen LogP contribution in [0.15, 0.2) is 29.6 Å². The molecule has 0 aliphatic carbocycles. The van der Waals surface area contributed by atoms with Gasteiger partial charge in [-0.05, 0) is 12.1 Å². The molecule has 0 amide bonds. The van der Waals surface area contributed by atoms with Gasteiger partial charge in [0, 0.05) is 36.1 Å². The molecule has 0 radical (unpaired) electrons. The van der Waals surface area contributed by atoms with Crippen molar-refractivity contribution in [3.05, 3.63) is 45.9 Å². The third-order valence-corrected chi connectivity index (χ3v) is 4.17. The Morgan fingerprint density at radius 2 is 2.00 bits per heavy atom.